The lowest BCUT2D eigenvalue weighted by molar-refractivity contribution is -0.384. The Balaban J connectivity index is 2.28. The maximum Gasteiger partial charge on any atom is 0.269 e. The summed E-state index contributed by atoms with van der Waals surface area (Å²) in [5.74, 6) is -0.147. The molecule has 0 bridgehead atoms. The lowest BCUT2D eigenvalue weighted by Crippen LogP contribution is -2.47. The fourth-order valence-corrected chi connectivity index (χ4v) is 1.68. The van der Waals surface area contributed by atoms with Crippen LogP contribution in [0.25, 0.3) is 0 Å². The molecule has 0 aliphatic carbocycles. The molecule has 1 heterocycles. The van der Waals surface area contributed by atoms with E-state index in [1.807, 2.05) is 0 Å². The first kappa shape index (κ1) is 10.6. The van der Waals surface area contributed by atoms with E-state index in [1.54, 1.807) is 12.1 Å². The Labute approximate surface area is 91.8 Å². The molecule has 6 nitrogen and oxygen atoms in total. The van der Waals surface area contributed by atoms with Crippen LogP contribution < -0.4 is 10.6 Å². The number of piperazine rings is 1. The summed E-state index contributed by atoms with van der Waals surface area (Å²) >= 11 is 0. The molecule has 1 aliphatic heterocycles. The molecule has 1 atom stereocenters. The quantitative estimate of drug-likeness (QED) is 0.557. The van der Waals surface area contributed by atoms with Gasteiger partial charge in [0.25, 0.3) is 5.69 Å². The van der Waals surface area contributed by atoms with Crippen LogP contribution in [-0.2, 0) is 4.79 Å². The molecule has 1 aliphatic rings. The van der Waals surface area contributed by atoms with Gasteiger partial charge in [0.05, 0.1) is 4.92 Å². The van der Waals surface area contributed by atoms with Crippen LogP contribution in [-0.4, -0.2) is 23.9 Å². The first-order chi connectivity index (χ1) is 7.68. The normalized spacial score (nSPS) is 20.2. The van der Waals surface area contributed by atoms with Gasteiger partial charge in [-0.05, 0) is 5.56 Å². The molecule has 1 aromatic carbocycles. The number of carbonyl (C=O) groups is 1. The summed E-state index contributed by atoms with van der Waals surface area (Å²) in [6.07, 6.45) is 0. The molecule has 0 saturated carbocycles. The Morgan fingerprint density at radius 2 is 2.19 bits per heavy atom. The minimum atomic E-state index is -0.492. The number of carbonyl (C=O) groups excluding carboxylic acids is 1. The number of rotatable bonds is 2. The van der Waals surface area contributed by atoms with Crippen LogP contribution in [0.1, 0.15) is 11.6 Å². The summed E-state index contributed by atoms with van der Waals surface area (Å²) in [6, 6.07) is 5.62. The topological polar surface area (TPSA) is 84.3 Å². The molecular formula is C10H11N3O3. The summed E-state index contributed by atoms with van der Waals surface area (Å²) < 4.78 is 0. The van der Waals surface area contributed by atoms with E-state index in [0.717, 1.165) is 0 Å². The second kappa shape index (κ2) is 4.28. The minimum Gasteiger partial charge on any atom is -0.353 e. The van der Waals surface area contributed by atoms with Gasteiger partial charge in [0.1, 0.15) is 6.04 Å². The van der Waals surface area contributed by atoms with Crippen molar-refractivity contribution in [2.24, 2.45) is 0 Å². The number of nitrogens with one attached hydrogen (secondary N) is 2. The highest BCUT2D eigenvalue weighted by atomic mass is 16.6. The van der Waals surface area contributed by atoms with Gasteiger partial charge in [-0.1, -0.05) is 12.1 Å². The van der Waals surface area contributed by atoms with E-state index in [-0.39, 0.29) is 11.6 Å². The molecule has 1 amide bonds. The summed E-state index contributed by atoms with van der Waals surface area (Å²) in [5.41, 5.74) is 0.615. The van der Waals surface area contributed by atoms with Gasteiger partial charge in [0, 0.05) is 25.2 Å². The van der Waals surface area contributed by atoms with Crippen molar-refractivity contribution in [2.45, 2.75) is 6.04 Å². The number of hydrogen-bond acceptors (Lipinski definition) is 4. The zero-order chi connectivity index (χ0) is 11.5. The summed E-state index contributed by atoms with van der Waals surface area (Å²) in [7, 11) is 0. The summed E-state index contributed by atoms with van der Waals surface area (Å²) in [5, 5.41) is 16.3. The van der Waals surface area contributed by atoms with Gasteiger partial charge in [-0.3, -0.25) is 14.9 Å². The SMILES string of the molecule is O=C1NCCN[C@@H]1c1cccc([N+](=O)[O-])c1. The van der Waals surface area contributed by atoms with E-state index in [0.29, 0.717) is 18.7 Å². The van der Waals surface area contributed by atoms with Crippen molar-refractivity contribution in [3.63, 3.8) is 0 Å². The lowest BCUT2D eigenvalue weighted by Gasteiger charge is -2.23. The molecule has 2 N–H and O–H groups in total. The Morgan fingerprint density at radius 1 is 1.38 bits per heavy atom. The fraction of sp³-hybridized carbons (Fsp3) is 0.300. The first-order valence-corrected chi connectivity index (χ1v) is 4.94. The van der Waals surface area contributed by atoms with Crippen molar-refractivity contribution >= 4 is 11.6 Å². The van der Waals surface area contributed by atoms with E-state index in [2.05, 4.69) is 10.6 Å². The molecule has 6 heteroatoms. The predicted molar refractivity (Wildman–Crippen MR) is 56.8 cm³/mol. The molecule has 1 aromatic rings. The number of nitrogens with zero attached hydrogens (tertiary/aromatic N) is 1. The van der Waals surface area contributed by atoms with Gasteiger partial charge in [0.15, 0.2) is 0 Å². The van der Waals surface area contributed by atoms with E-state index in [1.165, 1.54) is 12.1 Å². The van der Waals surface area contributed by atoms with Gasteiger partial charge in [0.2, 0.25) is 5.91 Å². The number of amides is 1. The van der Waals surface area contributed by atoms with Crippen molar-refractivity contribution in [1.82, 2.24) is 10.6 Å². The zero-order valence-corrected chi connectivity index (χ0v) is 8.47. The summed E-state index contributed by atoms with van der Waals surface area (Å²) in [4.78, 5) is 21.7. The highest BCUT2D eigenvalue weighted by Gasteiger charge is 2.24. The molecule has 2 rings (SSSR count). The second-order valence-electron chi connectivity index (χ2n) is 3.53. The number of nitro groups is 1. The maximum absolute atomic E-state index is 11.5. The zero-order valence-electron chi connectivity index (χ0n) is 8.47. The van der Waals surface area contributed by atoms with E-state index >= 15 is 0 Å². The first-order valence-electron chi connectivity index (χ1n) is 4.94. The standard InChI is InChI=1S/C10H11N3O3/c14-10-9(11-4-5-12-10)7-2-1-3-8(6-7)13(15)16/h1-3,6,9,11H,4-5H2,(H,12,14)/t9-/m1/s1. The molecular weight excluding hydrogens is 210 g/mol. The van der Waals surface area contributed by atoms with E-state index in [9.17, 15) is 14.9 Å². The van der Waals surface area contributed by atoms with E-state index in [4.69, 9.17) is 0 Å². The van der Waals surface area contributed by atoms with E-state index < -0.39 is 11.0 Å². The maximum atomic E-state index is 11.5. The Morgan fingerprint density at radius 3 is 2.88 bits per heavy atom. The van der Waals surface area contributed by atoms with Crippen LogP contribution >= 0.6 is 0 Å². The highest BCUT2D eigenvalue weighted by molar-refractivity contribution is 5.84. The smallest absolute Gasteiger partial charge is 0.269 e. The van der Waals surface area contributed by atoms with Gasteiger partial charge in [-0.15, -0.1) is 0 Å². The van der Waals surface area contributed by atoms with Gasteiger partial charge in [-0.2, -0.15) is 0 Å². The number of nitro benzene ring substituents is 1. The Kier molecular flexibility index (Phi) is 2.82. The highest BCUT2D eigenvalue weighted by Crippen LogP contribution is 2.20. The molecule has 1 fully saturated rings. The third-order valence-electron chi connectivity index (χ3n) is 2.45. The third kappa shape index (κ3) is 2.01. The van der Waals surface area contributed by atoms with Crippen molar-refractivity contribution in [2.75, 3.05) is 13.1 Å². The van der Waals surface area contributed by atoms with Gasteiger partial charge in [-0.25, -0.2) is 0 Å². The molecule has 84 valence electrons. The van der Waals surface area contributed by atoms with Crippen molar-refractivity contribution in [3.05, 3.63) is 39.9 Å². The molecule has 0 aromatic heterocycles. The molecule has 16 heavy (non-hydrogen) atoms. The van der Waals surface area contributed by atoms with Crippen LogP contribution in [0.15, 0.2) is 24.3 Å². The number of benzene rings is 1. The fourth-order valence-electron chi connectivity index (χ4n) is 1.68. The molecule has 0 spiro atoms. The second-order valence-corrected chi connectivity index (χ2v) is 3.53. The van der Waals surface area contributed by atoms with Crippen molar-refractivity contribution < 1.29 is 9.72 Å². The summed E-state index contributed by atoms with van der Waals surface area (Å²) in [6.45, 7) is 1.25. The monoisotopic (exact) mass is 221 g/mol. The van der Waals surface area contributed by atoms with Gasteiger partial charge < -0.3 is 10.6 Å². The Bertz CT molecular complexity index is 433. The lowest BCUT2D eigenvalue weighted by atomic mass is 10.0. The van der Waals surface area contributed by atoms with Crippen molar-refractivity contribution in [3.8, 4) is 0 Å². The average Bonchev–Trinajstić information content (AvgIpc) is 2.30. The van der Waals surface area contributed by atoms with Crippen molar-refractivity contribution in [1.29, 1.82) is 0 Å². The Hall–Kier alpha value is -1.95. The van der Waals surface area contributed by atoms with Crippen LogP contribution in [0.3, 0.4) is 0 Å². The average molecular weight is 221 g/mol. The number of hydrogen-bond donors (Lipinski definition) is 2. The molecule has 0 radical (unpaired) electrons. The van der Waals surface area contributed by atoms with Crippen LogP contribution in [0, 0.1) is 10.1 Å². The van der Waals surface area contributed by atoms with Crippen LogP contribution in [0.4, 0.5) is 5.69 Å². The molecule has 1 saturated heterocycles. The van der Waals surface area contributed by atoms with Gasteiger partial charge >= 0.3 is 0 Å². The third-order valence-corrected chi connectivity index (χ3v) is 2.45. The minimum absolute atomic E-state index is 0.00215. The largest absolute Gasteiger partial charge is 0.353 e. The predicted octanol–water partition coefficient (Wildman–Crippen LogP) is 0.355. The van der Waals surface area contributed by atoms with Crippen LogP contribution in [0.2, 0.25) is 0 Å². The number of non-ortho nitro benzene ring substituents is 1. The molecule has 0 unspecified atom stereocenters. The van der Waals surface area contributed by atoms with Crippen LogP contribution in [0.5, 0.6) is 0 Å².